The molecule has 28 heavy (non-hydrogen) atoms. The predicted molar refractivity (Wildman–Crippen MR) is 111 cm³/mol. The summed E-state index contributed by atoms with van der Waals surface area (Å²) in [6.07, 6.45) is 0. The monoisotopic (exact) mass is 384 g/mol. The summed E-state index contributed by atoms with van der Waals surface area (Å²) < 4.78 is 13.8. The molecule has 0 saturated heterocycles. The van der Waals surface area contributed by atoms with Crippen LogP contribution < -0.4 is 10.2 Å². The maximum atomic E-state index is 13.8. The van der Waals surface area contributed by atoms with E-state index in [0.29, 0.717) is 6.54 Å². The topological polar surface area (TPSA) is 49.4 Å². The van der Waals surface area contributed by atoms with E-state index in [1.54, 1.807) is 17.0 Å². The number of benzene rings is 2. The molecule has 5 heteroatoms. The van der Waals surface area contributed by atoms with Crippen LogP contribution in [0, 0.1) is 5.82 Å². The van der Waals surface area contributed by atoms with E-state index in [0.717, 1.165) is 16.8 Å². The third-order valence-corrected chi connectivity index (χ3v) is 4.73. The minimum absolute atomic E-state index is 0.00215. The van der Waals surface area contributed by atoms with Crippen LogP contribution >= 0.6 is 0 Å². The van der Waals surface area contributed by atoms with Gasteiger partial charge in [0.25, 0.3) is 5.91 Å². The van der Waals surface area contributed by atoms with E-state index in [2.05, 4.69) is 33.0 Å². The molecule has 0 aliphatic rings. The number of hydrogen-bond acceptors (Lipinski definition) is 2. The second-order valence-electron chi connectivity index (χ2n) is 7.50. The summed E-state index contributed by atoms with van der Waals surface area (Å²) in [7, 11) is 0. The fourth-order valence-corrected chi connectivity index (χ4v) is 3.27. The molecule has 0 aromatic heterocycles. The van der Waals surface area contributed by atoms with Gasteiger partial charge in [-0.15, -0.1) is 0 Å². The number of amides is 2. The van der Waals surface area contributed by atoms with Crippen molar-refractivity contribution >= 4 is 17.5 Å². The van der Waals surface area contributed by atoms with Crippen LogP contribution in [0.15, 0.2) is 42.5 Å². The van der Waals surface area contributed by atoms with Crippen LogP contribution in [-0.4, -0.2) is 24.9 Å². The molecule has 2 rings (SSSR count). The molecule has 0 bridgehead atoms. The Bertz CT molecular complexity index is 820. The Labute approximate surface area is 166 Å². The third kappa shape index (κ3) is 4.97. The van der Waals surface area contributed by atoms with Gasteiger partial charge in [0, 0.05) is 20.0 Å². The van der Waals surface area contributed by atoms with Gasteiger partial charge in [-0.25, -0.2) is 4.39 Å². The smallest absolute Gasteiger partial charge is 0.254 e. The lowest BCUT2D eigenvalue weighted by molar-refractivity contribution is -0.116. The second-order valence-corrected chi connectivity index (χ2v) is 7.50. The lowest BCUT2D eigenvalue weighted by Crippen LogP contribution is -2.39. The second kappa shape index (κ2) is 9.49. The summed E-state index contributed by atoms with van der Waals surface area (Å²) in [5.74, 6) is -0.624. The van der Waals surface area contributed by atoms with E-state index in [-0.39, 0.29) is 29.9 Å². The van der Waals surface area contributed by atoms with Crippen LogP contribution in [0.3, 0.4) is 0 Å². The number of nitrogens with one attached hydrogen (secondary N) is 1. The van der Waals surface area contributed by atoms with Gasteiger partial charge in [-0.2, -0.15) is 0 Å². The normalized spacial score (nSPS) is 11.0. The molecule has 0 aliphatic heterocycles. The van der Waals surface area contributed by atoms with E-state index in [1.807, 2.05) is 18.2 Å². The molecule has 0 unspecified atom stereocenters. The number of nitrogens with zero attached hydrogens (tertiary/aromatic N) is 1. The van der Waals surface area contributed by atoms with Gasteiger partial charge in [0.05, 0.1) is 11.3 Å². The molecule has 150 valence electrons. The zero-order valence-corrected chi connectivity index (χ0v) is 17.3. The van der Waals surface area contributed by atoms with Gasteiger partial charge in [0.2, 0.25) is 5.91 Å². The van der Waals surface area contributed by atoms with Crippen molar-refractivity contribution in [3.8, 4) is 0 Å². The number of carbonyl (C=O) groups excluding carboxylic acids is 2. The Morgan fingerprint density at radius 2 is 1.54 bits per heavy atom. The molecular formula is C23H29FN2O2. The largest absolute Gasteiger partial charge is 0.350 e. The highest BCUT2D eigenvalue weighted by Crippen LogP contribution is 2.35. The first kappa shape index (κ1) is 21.6. The van der Waals surface area contributed by atoms with E-state index in [1.165, 1.54) is 19.1 Å². The van der Waals surface area contributed by atoms with Crippen molar-refractivity contribution in [1.82, 2.24) is 5.32 Å². The summed E-state index contributed by atoms with van der Waals surface area (Å²) in [5, 5.41) is 2.72. The van der Waals surface area contributed by atoms with E-state index in [4.69, 9.17) is 0 Å². The highest BCUT2D eigenvalue weighted by atomic mass is 19.1. The summed E-state index contributed by atoms with van der Waals surface area (Å²) in [6, 6.07) is 12.0. The lowest BCUT2D eigenvalue weighted by Gasteiger charge is -2.29. The Hall–Kier alpha value is -2.69. The molecule has 0 atom stereocenters. The SMILES string of the molecule is CC(=O)N(CCNC(=O)c1ccccc1F)c1c(C(C)C)cccc1C(C)C. The van der Waals surface area contributed by atoms with Crippen LogP contribution in [0.4, 0.5) is 10.1 Å². The molecule has 0 radical (unpaired) electrons. The van der Waals surface area contributed by atoms with Crippen molar-refractivity contribution in [2.45, 2.75) is 46.5 Å². The van der Waals surface area contributed by atoms with Crippen LogP contribution in [0.25, 0.3) is 0 Å². The van der Waals surface area contributed by atoms with Crippen molar-refractivity contribution in [2.75, 3.05) is 18.0 Å². The van der Waals surface area contributed by atoms with Crippen molar-refractivity contribution in [1.29, 1.82) is 0 Å². The number of para-hydroxylation sites is 1. The average molecular weight is 384 g/mol. The number of anilines is 1. The molecule has 1 N–H and O–H groups in total. The Morgan fingerprint density at radius 1 is 0.964 bits per heavy atom. The Morgan fingerprint density at radius 3 is 2.04 bits per heavy atom. The molecule has 2 amide bonds. The molecule has 0 saturated carbocycles. The van der Waals surface area contributed by atoms with Crippen molar-refractivity contribution in [3.63, 3.8) is 0 Å². The summed E-state index contributed by atoms with van der Waals surface area (Å²) in [6.45, 7) is 10.5. The van der Waals surface area contributed by atoms with Gasteiger partial charge in [0.1, 0.15) is 5.82 Å². The quantitative estimate of drug-likeness (QED) is 0.741. The van der Waals surface area contributed by atoms with Gasteiger partial charge in [-0.3, -0.25) is 9.59 Å². The third-order valence-electron chi connectivity index (χ3n) is 4.73. The van der Waals surface area contributed by atoms with E-state index in [9.17, 15) is 14.0 Å². The number of rotatable bonds is 7. The van der Waals surface area contributed by atoms with Crippen molar-refractivity contribution < 1.29 is 14.0 Å². The number of hydrogen-bond donors (Lipinski definition) is 1. The van der Waals surface area contributed by atoms with Gasteiger partial charge in [0.15, 0.2) is 0 Å². The highest BCUT2D eigenvalue weighted by Gasteiger charge is 2.22. The maximum Gasteiger partial charge on any atom is 0.254 e. The van der Waals surface area contributed by atoms with Crippen LogP contribution in [-0.2, 0) is 4.79 Å². The molecule has 0 spiro atoms. The predicted octanol–water partition coefficient (Wildman–Crippen LogP) is 4.86. The summed E-state index contributed by atoms with van der Waals surface area (Å²) in [4.78, 5) is 26.4. The highest BCUT2D eigenvalue weighted by molar-refractivity contribution is 5.95. The number of carbonyl (C=O) groups is 2. The maximum absolute atomic E-state index is 13.8. The fourth-order valence-electron chi connectivity index (χ4n) is 3.27. The molecule has 4 nitrogen and oxygen atoms in total. The van der Waals surface area contributed by atoms with Gasteiger partial charge < -0.3 is 10.2 Å². The zero-order chi connectivity index (χ0) is 20.8. The minimum atomic E-state index is -0.560. The van der Waals surface area contributed by atoms with Gasteiger partial charge in [-0.05, 0) is 35.1 Å². The zero-order valence-electron chi connectivity index (χ0n) is 17.3. The van der Waals surface area contributed by atoms with E-state index < -0.39 is 11.7 Å². The first-order valence-corrected chi connectivity index (χ1v) is 9.67. The Balaban J connectivity index is 2.24. The van der Waals surface area contributed by atoms with Crippen molar-refractivity contribution in [3.05, 3.63) is 65.0 Å². The standard InChI is InChI=1S/C23H29FN2O2/c1-15(2)18-10-8-11-19(16(3)4)22(18)26(17(5)27)14-13-25-23(28)20-9-6-7-12-21(20)24/h6-12,15-16H,13-14H2,1-5H3,(H,25,28). The summed E-state index contributed by atoms with van der Waals surface area (Å²) in [5.41, 5.74) is 3.12. The molecular weight excluding hydrogens is 355 g/mol. The minimum Gasteiger partial charge on any atom is -0.350 e. The van der Waals surface area contributed by atoms with Crippen LogP contribution in [0.1, 0.15) is 67.9 Å². The first-order valence-electron chi connectivity index (χ1n) is 9.67. The fraction of sp³-hybridized carbons (Fsp3) is 0.391. The van der Waals surface area contributed by atoms with Gasteiger partial charge >= 0.3 is 0 Å². The van der Waals surface area contributed by atoms with Gasteiger partial charge in [-0.1, -0.05) is 58.0 Å². The molecule has 0 heterocycles. The first-order chi connectivity index (χ1) is 13.2. The average Bonchev–Trinajstić information content (AvgIpc) is 2.64. The molecule has 0 fully saturated rings. The molecule has 0 aliphatic carbocycles. The van der Waals surface area contributed by atoms with Crippen LogP contribution in [0.2, 0.25) is 0 Å². The Kier molecular flexibility index (Phi) is 7.32. The summed E-state index contributed by atoms with van der Waals surface area (Å²) >= 11 is 0. The lowest BCUT2D eigenvalue weighted by atomic mass is 9.92. The van der Waals surface area contributed by atoms with Crippen LogP contribution in [0.5, 0.6) is 0 Å². The number of halogens is 1. The van der Waals surface area contributed by atoms with Crippen molar-refractivity contribution in [2.24, 2.45) is 0 Å². The molecule has 2 aromatic rings. The molecule has 2 aromatic carbocycles. The van der Waals surface area contributed by atoms with E-state index >= 15 is 0 Å².